The number of aromatic nitrogens is 3. The van der Waals surface area contributed by atoms with Gasteiger partial charge in [-0.3, -0.25) is 24.6 Å². The minimum absolute atomic E-state index is 0.0410. The van der Waals surface area contributed by atoms with Gasteiger partial charge in [-0.05, 0) is 60.9 Å². The molecule has 1 saturated carbocycles. The summed E-state index contributed by atoms with van der Waals surface area (Å²) in [7, 11) is 0. The van der Waals surface area contributed by atoms with Crippen molar-refractivity contribution in [1.82, 2.24) is 20.3 Å². The van der Waals surface area contributed by atoms with Gasteiger partial charge in [0.2, 0.25) is 5.91 Å². The lowest BCUT2D eigenvalue weighted by Crippen LogP contribution is -2.48. The average Bonchev–Trinajstić information content (AvgIpc) is 3.63. The summed E-state index contributed by atoms with van der Waals surface area (Å²) < 4.78 is 14.2. The van der Waals surface area contributed by atoms with E-state index in [0.29, 0.717) is 22.1 Å². The van der Waals surface area contributed by atoms with E-state index in [1.54, 1.807) is 59.4 Å². The molecule has 1 fully saturated rings. The number of anilines is 1. The summed E-state index contributed by atoms with van der Waals surface area (Å²) in [5.41, 5.74) is 0.511. The molecule has 0 saturated heterocycles. The summed E-state index contributed by atoms with van der Waals surface area (Å²) in [4.78, 5) is 55.8. The number of rotatable bonds is 12. The van der Waals surface area contributed by atoms with E-state index in [2.05, 4.69) is 31.6 Å². The molecule has 274 valence electrons. The van der Waals surface area contributed by atoms with Crippen LogP contribution in [-0.4, -0.2) is 37.8 Å². The van der Waals surface area contributed by atoms with E-state index >= 15 is 0 Å². The number of carbonyl (C=O) groups is 2. The van der Waals surface area contributed by atoms with E-state index in [1.165, 1.54) is 29.2 Å². The third-order valence-electron chi connectivity index (χ3n) is 9.28. The van der Waals surface area contributed by atoms with Crippen molar-refractivity contribution in [2.45, 2.75) is 57.3 Å². The summed E-state index contributed by atoms with van der Waals surface area (Å²) in [5.74, 6) is -1.33. The van der Waals surface area contributed by atoms with Crippen molar-refractivity contribution < 1.29 is 23.7 Å². The summed E-state index contributed by atoms with van der Waals surface area (Å²) in [6.07, 6.45) is 6.07. The second-order valence-electron chi connectivity index (χ2n) is 13.0. The Kier molecular flexibility index (Phi) is 10.9. The molecule has 1 aliphatic rings. The zero-order valence-corrected chi connectivity index (χ0v) is 30.6. The molecule has 14 heteroatoms. The number of halogens is 1. The van der Waals surface area contributed by atoms with Crippen molar-refractivity contribution in [3.8, 4) is 5.75 Å². The van der Waals surface area contributed by atoms with Crippen LogP contribution in [0.1, 0.15) is 65.3 Å². The molecule has 0 aliphatic heterocycles. The Bertz CT molecular complexity index is 2360. The van der Waals surface area contributed by atoms with Crippen LogP contribution in [0.15, 0.2) is 123 Å². The third-order valence-corrected chi connectivity index (χ3v) is 9.78. The molecule has 0 spiro atoms. The largest absolute Gasteiger partial charge is 0.487 e. The number of nitro groups is 1. The van der Waals surface area contributed by atoms with Gasteiger partial charge in [-0.1, -0.05) is 88.9 Å². The van der Waals surface area contributed by atoms with Gasteiger partial charge in [-0.15, -0.1) is 5.10 Å². The molecule has 7 rings (SSSR count). The minimum atomic E-state index is -1.52. The fourth-order valence-electron chi connectivity index (χ4n) is 6.67. The molecule has 13 nitrogen and oxygen atoms in total. The molecule has 1 N–H and O–H groups in total. The lowest BCUT2D eigenvalue weighted by molar-refractivity contribution is -0.384. The number of non-ortho nitro benzene ring substituents is 1. The van der Waals surface area contributed by atoms with Gasteiger partial charge >= 0.3 is 5.63 Å². The van der Waals surface area contributed by atoms with Crippen LogP contribution in [-0.2, 0) is 17.9 Å². The van der Waals surface area contributed by atoms with Crippen molar-refractivity contribution in [2.24, 2.45) is 0 Å². The number of nitro benzene ring substituents is 1. The molecule has 2 aromatic heterocycles. The standard InChI is InChI=1S/C40H35BrN6O7/c41-28-16-18-35-27(20-28)21-34(40(50)54-35)39(49)46(31-14-8-3-9-15-31)37(38(48)42-29-12-6-2-7-13-29)33-22-32(47(51)52)17-19-36(33)53-25-30-24-45(44-43-30)23-26-10-4-1-5-11-26/h1,3-5,8-11,14-22,24,29,37H,2,6-7,12-13,23,25H2,(H,42,48)/t37-/m0/s1. The highest BCUT2D eigenvalue weighted by Crippen LogP contribution is 2.38. The predicted molar refractivity (Wildman–Crippen MR) is 204 cm³/mol. The number of fused-ring (bicyclic) bond motifs is 1. The number of nitrogens with zero attached hydrogens (tertiary/aromatic N) is 5. The molecule has 1 aliphatic carbocycles. The molecule has 2 amide bonds. The Hall–Kier alpha value is -6.15. The first-order chi connectivity index (χ1) is 26.2. The second-order valence-corrected chi connectivity index (χ2v) is 14.0. The Morgan fingerprint density at radius 1 is 0.981 bits per heavy atom. The molecule has 1 atom stereocenters. The number of amides is 2. The van der Waals surface area contributed by atoms with E-state index in [9.17, 15) is 24.5 Å². The topological polar surface area (TPSA) is 163 Å². The Morgan fingerprint density at radius 3 is 2.46 bits per heavy atom. The van der Waals surface area contributed by atoms with E-state index < -0.39 is 28.4 Å². The highest BCUT2D eigenvalue weighted by molar-refractivity contribution is 9.10. The maximum absolute atomic E-state index is 14.8. The van der Waals surface area contributed by atoms with Crippen LogP contribution in [0.3, 0.4) is 0 Å². The minimum Gasteiger partial charge on any atom is -0.487 e. The zero-order chi connectivity index (χ0) is 37.6. The van der Waals surface area contributed by atoms with Crippen molar-refractivity contribution in [3.05, 3.63) is 157 Å². The van der Waals surface area contributed by atoms with E-state index in [0.717, 1.165) is 37.7 Å². The van der Waals surface area contributed by atoms with Crippen molar-refractivity contribution in [3.63, 3.8) is 0 Å². The normalized spacial score (nSPS) is 13.6. The summed E-state index contributed by atoms with van der Waals surface area (Å²) in [6.45, 7) is 0.382. The van der Waals surface area contributed by atoms with E-state index in [1.807, 2.05) is 30.3 Å². The lowest BCUT2D eigenvalue weighted by atomic mass is 9.94. The fourth-order valence-corrected chi connectivity index (χ4v) is 7.05. The molecule has 0 radical (unpaired) electrons. The molecule has 0 bridgehead atoms. The Morgan fingerprint density at radius 2 is 1.72 bits per heavy atom. The second kappa shape index (κ2) is 16.3. The van der Waals surface area contributed by atoms with Crippen LogP contribution in [0, 0.1) is 10.1 Å². The van der Waals surface area contributed by atoms with Crippen molar-refractivity contribution in [2.75, 3.05) is 4.90 Å². The molecular formula is C40H35BrN6O7. The highest BCUT2D eigenvalue weighted by atomic mass is 79.9. The SMILES string of the molecule is O=C(NC1CCCCC1)[C@H](c1cc([N+](=O)[O-])ccc1OCc1cn(Cc2ccccc2)nn1)N(C(=O)c1cc2cc(Br)ccc2oc1=O)c1ccccc1. The van der Waals surface area contributed by atoms with Gasteiger partial charge in [0, 0.05) is 39.3 Å². The molecule has 2 heterocycles. The lowest BCUT2D eigenvalue weighted by Gasteiger charge is -2.34. The fraction of sp³-hybridized carbons (Fsp3) is 0.225. The van der Waals surface area contributed by atoms with Gasteiger partial charge in [-0.25, -0.2) is 9.48 Å². The molecule has 0 unspecified atom stereocenters. The average molecular weight is 792 g/mol. The van der Waals surface area contributed by atoms with Crippen LogP contribution >= 0.6 is 15.9 Å². The molecule has 54 heavy (non-hydrogen) atoms. The monoisotopic (exact) mass is 790 g/mol. The number of benzene rings is 4. The number of hydrogen-bond donors (Lipinski definition) is 1. The summed E-state index contributed by atoms with van der Waals surface area (Å²) in [6, 6.07) is 26.8. The van der Waals surface area contributed by atoms with Crippen LogP contribution in [0.4, 0.5) is 11.4 Å². The maximum atomic E-state index is 14.8. The molecule has 6 aromatic rings. The highest BCUT2D eigenvalue weighted by Gasteiger charge is 2.38. The first-order valence-electron chi connectivity index (χ1n) is 17.5. The van der Waals surface area contributed by atoms with Gasteiger partial charge in [0.15, 0.2) is 0 Å². The van der Waals surface area contributed by atoms with Gasteiger partial charge in [0.25, 0.3) is 11.6 Å². The zero-order valence-electron chi connectivity index (χ0n) is 29.0. The Labute approximate surface area is 317 Å². The van der Waals surface area contributed by atoms with E-state index in [4.69, 9.17) is 9.15 Å². The predicted octanol–water partition coefficient (Wildman–Crippen LogP) is 7.52. The van der Waals surface area contributed by atoms with Crippen LogP contribution in [0.2, 0.25) is 0 Å². The van der Waals surface area contributed by atoms with Gasteiger partial charge < -0.3 is 14.5 Å². The quantitative estimate of drug-likeness (QED) is 0.0751. The summed E-state index contributed by atoms with van der Waals surface area (Å²) >= 11 is 3.43. The molecule has 4 aromatic carbocycles. The molecular weight excluding hydrogens is 756 g/mol. The van der Waals surface area contributed by atoms with Crippen molar-refractivity contribution >= 4 is 50.1 Å². The van der Waals surface area contributed by atoms with Crippen LogP contribution in [0.25, 0.3) is 11.0 Å². The first-order valence-corrected chi connectivity index (χ1v) is 18.3. The van der Waals surface area contributed by atoms with Gasteiger partial charge in [0.1, 0.15) is 35.2 Å². The van der Waals surface area contributed by atoms with Crippen molar-refractivity contribution in [1.29, 1.82) is 0 Å². The number of carbonyl (C=O) groups excluding carboxylic acids is 2. The van der Waals surface area contributed by atoms with Gasteiger partial charge in [0.05, 0.1) is 17.7 Å². The van der Waals surface area contributed by atoms with Crippen LogP contribution in [0.5, 0.6) is 5.75 Å². The number of para-hydroxylation sites is 1. The Balaban J connectivity index is 1.33. The van der Waals surface area contributed by atoms with Gasteiger partial charge in [-0.2, -0.15) is 0 Å². The third kappa shape index (κ3) is 8.23. The van der Waals surface area contributed by atoms with Crippen LogP contribution < -0.4 is 20.6 Å². The number of hydrogen-bond acceptors (Lipinski definition) is 9. The number of ether oxygens (including phenoxy) is 1. The number of nitrogens with one attached hydrogen (secondary N) is 1. The summed E-state index contributed by atoms with van der Waals surface area (Å²) in [5, 5.41) is 24.2. The smallest absolute Gasteiger partial charge is 0.349 e. The maximum Gasteiger partial charge on any atom is 0.349 e. The first kappa shape index (κ1) is 36.2. The van der Waals surface area contributed by atoms with E-state index in [-0.39, 0.29) is 46.5 Å².